The summed E-state index contributed by atoms with van der Waals surface area (Å²) in [7, 11) is 0. The molecule has 0 bridgehead atoms. The van der Waals surface area contributed by atoms with E-state index in [9.17, 15) is 0 Å². The average molecular weight is 276 g/mol. The Balaban J connectivity index is 1.74. The van der Waals surface area contributed by atoms with Crippen LogP contribution in [0.4, 0.5) is 5.69 Å². The Labute approximate surface area is 118 Å². The SMILES string of the molecule is Cc1ccc(OCC(C)NCc2sccc2N)cc1. The summed E-state index contributed by atoms with van der Waals surface area (Å²) in [4.78, 5) is 1.18. The molecule has 1 aromatic heterocycles. The van der Waals surface area contributed by atoms with Gasteiger partial charge in [-0.05, 0) is 37.4 Å². The van der Waals surface area contributed by atoms with Crippen molar-refractivity contribution in [3.63, 3.8) is 0 Å². The lowest BCUT2D eigenvalue weighted by Crippen LogP contribution is -2.31. The maximum absolute atomic E-state index is 5.85. The van der Waals surface area contributed by atoms with Gasteiger partial charge in [0.25, 0.3) is 0 Å². The van der Waals surface area contributed by atoms with Crippen molar-refractivity contribution in [1.82, 2.24) is 5.32 Å². The average Bonchev–Trinajstić information content (AvgIpc) is 2.81. The molecule has 0 radical (unpaired) electrons. The fourth-order valence-corrected chi connectivity index (χ4v) is 2.43. The molecule has 0 spiro atoms. The van der Waals surface area contributed by atoms with Gasteiger partial charge in [-0.25, -0.2) is 0 Å². The van der Waals surface area contributed by atoms with Gasteiger partial charge in [0.1, 0.15) is 12.4 Å². The molecule has 0 saturated carbocycles. The molecule has 0 aliphatic rings. The number of rotatable bonds is 6. The van der Waals surface area contributed by atoms with Crippen LogP contribution >= 0.6 is 11.3 Å². The molecule has 1 atom stereocenters. The van der Waals surface area contributed by atoms with Gasteiger partial charge in [-0.2, -0.15) is 0 Å². The number of anilines is 1. The van der Waals surface area contributed by atoms with Crippen LogP contribution in [0, 0.1) is 6.92 Å². The number of benzene rings is 1. The summed E-state index contributed by atoms with van der Waals surface area (Å²) in [5.74, 6) is 0.912. The number of nitrogens with two attached hydrogens (primary N) is 1. The first-order valence-electron chi connectivity index (χ1n) is 6.40. The van der Waals surface area contributed by atoms with Crippen LogP contribution in [0.2, 0.25) is 0 Å². The Morgan fingerprint density at radius 3 is 2.63 bits per heavy atom. The summed E-state index contributed by atoms with van der Waals surface area (Å²) in [6.45, 7) is 5.62. The first kappa shape index (κ1) is 13.9. The van der Waals surface area contributed by atoms with Crippen LogP contribution in [-0.4, -0.2) is 12.6 Å². The molecule has 3 N–H and O–H groups in total. The summed E-state index contributed by atoms with van der Waals surface area (Å²) < 4.78 is 5.73. The van der Waals surface area contributed by atoms with Gasteiger partial charge < -0.3 is 15.8 Å². The number of hydrogen-bond donors (Lipinski definition) is 2. The normalized spacial score (nSPS) is 12.3. The second-order valence-electron chi connectivity index (χ2n) is 4.71. The minimum atomic E-state index is 0.280. The van der Waals surface area contributed by atoms with E-state index < -0.39 is 0 Å². The molecule has 0 aliphatic heterocycles. The van der Waals surface area contributed by atoms with E-state index in [1.54, 1.807) is 11.3 Å². The molecule has 0 saturated heterocycles. The van der Waals surface area contributed by atoms with Gasteiger partial charge in [0, 0.05) is 23.2 Å². The van der Waals surface area contributed by atoms with Gasteiger partial charge in [-0.3, -0.25) is 0 Å². The molecule has 0 aliphatic carbocycles. The van der Waals surface area contributed by atoms with Gasteiger partial charge >= 0.3 is 0 Å². The second kappa shape index (κ2) is 6.59. The van der Waals surface area contributed by atoms with E-state index in [2.05, 4.69) is 31.3 Å². The van der Waals surface area contributed by atoms with Crippen molar-refractivity contribution in [3.8, 4) is 5.75 Å². The molecule has 0 fully saturated rings. The number of aryl methyl sites for hydroxylation is 1. The van der Waals surface area contributed by atoms with E-state index in [1.807, 2.05) is 23.6 Å². The summed E-state index contributed by atoms with van der Waals surface area (Å²) in [5, 5.41) is 5.43. The quantitative estimate of drug-likeness (QED) is 0.851. The van der Waals surface area contributed by atoms with Crippen LogP contribution in [0.25, 0.3) is 0 Å². The van der Waals surface area contributed by atoms with Crippen molar-refractivity contribution in [3.05, 3.63) is 46.2 Å². The third-order valence-electron chi connectivity index (χ3n) is 2.91. The molecule has 2 rings (SSSR count). The van der Waals surface area contributed by atoms with Crippen LogP contribution in [0.5, 0.6) is 5.75 Å². The molecule has 1 heterocycles. The first-order chi connectivity index (χ1) is 9.15. The van der Waals surface area contributed by atoms with Crippen molar-refractivity contribution in [2.75, 3.05) is 12.3 Å². The highest BCUT2D eigenvalue weighted by molar-refractivity contribution is 7.10. The van der Waals surface area contributed by atoms with E-state index in [-0.39, 0.29) is 6.04 Å². The zero-order valence-electron chi connectivity index (χ0n) is 11.3. The third-order valence-corrected chi connectivity index (χ3v) is 3.85. The van der Waals surface area contributed by atoms with Gasteiger partial charge in [0.15, 0.2) is 0 Å². The van der Waals surface area contributed by atoms with E-state index in [0.29, 0.717) is 6.61 Å². The van der Waals surface area contributed by atoms with Gasteiger partial charge in [0.05, 0.1) is 0 Å². The molecule has 4 heteroatoms. The maximum atomic E-state index is 5.85. The van der Waals surface area contributed by atoms with Crippen molar-refractivity contribution >= 4 is 17.0 Å². The summed E-state index contributed by atoms with van der Waals surface area (Å²) >= 11 is 1.68. The number of hydrogen-bond acceptors (Lipinski definition) is 4. The molecular formula is C15H20N2OS. The number of nitrogens with one attached hydrogen (secondary N) is 1. The third kappa shape index (κ3) is 4.26. The van der Waals surface area contributed by atoms with Crippen molar-refractivity contribution < 1.29 is 4.74 Å². The molecule has 102 valence electrons. The molecule has 2 aromatic rings. The number of ether oxygens (including phenoxy) is 1. The largest absolute Gasteiger partial charge is 0.492 e. The summed E-state index contributed by atoms with van der Waals surface area (Å²) in [6, 6.07) is 10.3. The lowest BCUT2D eigenvalue weighted by Gasteiger charge is -2.15. The topological polar surface area (TPSA) is 47.3 Å². The molecule has 1 aromatic carbocycles. The Morgan fingerprint density at radius 1 is 1.26 bits per heavy atom. The molecule has 19 heavy (non-hydrogen) atoms. The fourth-order valence-electron chi connectivity index (χ4n) is 1.68. The molecule has 3 nitrogen and oxygen atoms in total. The minimum absolute atomic E-state index is 0.280. The minimum Gasteiger partial charge on any atom is -0.492 e. The van der Waals surface area contributed by atoms with Gasteiger partial charge in [0.2, 0.25) is 0 Å². The highest BCUT2D eigenvalue weighted by Crippen LogP contribution is 2.18. The predicted molar refractivity (Wildman–Crippen MR) is 81.7 cm³/mol. The first-order valence-corrected chi connectivity index (χ1v) is 7.28. The van der Waals surface area contributed by atoms with Crippen LogP contribution < -0.4 is 15.8 Å². The van der Waals surface area contributed by atoms with Crippen LogP contribution in [0.15, 0.2) is 35.7 Å². The lowest BCUT2D eigenvalue weighted by molar-refractivity contribution is 0.273. The van der Waals surface area contributed by atoms with Crippen molar-refractivity contribution in [2.24, 2.45) is 0 Å². The Hall–Kier alpha value is -1.52. The predicted octanol–water partition coefficient (Wildman–Crippen LogP) is 3.20. The Morgan fingerprint density at radius 2 is 2.00 bits per heavy atom. The Bertz CT molecular complexity index is 507. The lowest BCUT2D eigenvalue weighted by atomic mass is 10.2. The van der Waals surface area contributed by atoms with Crippen LogP contribution in [0.3, 0.4) is 0 Å². The smallest absolute Gasteiger partial charge is 0.119 e. The molecule has 0 amide bonds. The van der Waals surface area contributed by atoms with E-state index in [1.165, 1.54) is 10.4 Å². The molecule has 1 unspecified atom stereocenters. The monoisotopic (exact) mass is 276 g/mol. The highest BCUT2D eigenvalue weighted by atomic mass is 32.1. The van der Waals surface area contributed by atoms with Crippen molar-refractivity contribution in [2.45, 2.75) is 26.4 Å². The van der Waals surface area contributed by atoms with Gasteiger partial charge in [-0.1, -0.05) is 17.7 Å². The fraction of sp³-hybridized carbons (Fsp3) is 0.333. The van der Waals surface area contributed by atoms with Gasteiger partial charge in [-0.15, -0.1) is 11.3 Å². The maximum Gasteiger partial charge on any atom is 0.119 e. The second-order valence-corrected chi connectivity index (χ2v) is 5.71. The zero-order chi connectivity index (χ0) is 13.7. The summed E-state index contributed by atoms with van der Waals surface area (Å²) in [6.07, 6.45) is 0. The van der Waals surface area contributed by atoms with E-state index in [0.717, 1.165) is 18.0 Å². The zero-order valence-corrected chi connectivity index (χ0v) is 12.2. The number of nitrogen functional groups attached to an aromatic ring is 1. The molecular weight excluding hydrogens is 256 g/mol. The van der Waals surface area contributed by atoms with E-state index >= 15 is 0 Å². The van der Waals surface area contributed by atoms with Crippen LogP contribution in [-0.2, 0) is 6.54 Å². The summed E-state index contributed by atoms with van der Waals surface area (Å²) in [5.41, 5.74) is 7.95. The standard InChI is InChI=1S/C15H20N2OS/c1-11-3-5-13(6-4-11)18-10-12(2)17-9-15-14(16)7-8-19-15/h3-8,12,17H,9-10,16H2,1-2H3. The van der Waals surface area contributed by atoms with Crippen molar-refractivity contribution in [1.29, 1.82) is 0 Å². The van der Waals surface area contributed by atoms with Crippen LogP contribution in [0.1, 0.15) is 17.4 Å². The van der Waals surface area contributed by atoms with E-state index in [4.69, 9.17) is 10.5 Å². The number of thiophene rings is 1. The highest BCUT2D eigenvalue weighted by Gasteiger charge is 2.05. The Kier molecular flexibility index (Phi) is 4.82.